The summed E-state index contributed by atoms with van der Waals surface area (Å²) in [7, 11) is 0. The Balaban J connectivity index is 2.29. The van der Waals surface area contributed by atoms with Crippen LogP contribution in [0, 0.1) is 5.92 Å². The van der Waals surface area contributed by atoms with Crippen LogP contribution in [0.3, 0.4) is 0 Å². The Morgan fingerprint density at radius 1 is 1.31 bits per heavy atom. The average molecular weight is 241 g/mol. The minimum Gasteiger partial charge on any atom is -0.486 e. The maximum absolute atomic E-state index is 11.4. The summed E-state index contributed by atoms with van der Waals surface area (Å²) < 4.78 is 5.35. The maximum Gasteiger partial charge on any atom is 0.170 e. The van der Waals surface area contributed by atoms with Crippen LogP contribution in [0.2, 0.25) is 5.02 Å². The van der Waals surface area contributed by atoms with E-state index >= 15 is 0 Å². The topological polar surface area (TPSA) is 26.3 Å². The van der Waals surface area contributed by atoms with E-state index in [9.17, 15) is 4.79 Å². The monoisotopic (exact) mass is 240 g/mol. The van der Waals surface area contributed by atoms with Crippen molar-refractivity contribution < 1.29 is 9.53 Å². The first kappa shape index (κ1) is 13.0. The van der Waals surface area contributed by atoms with Crippen molar-refractivity contribution in [3.8, 4) is 5.75 Å². The highest BCUT2D eigenvalue weighted by Gasteiger charge is 2.04. The van der Waals surface area contributed by atoms with Gasteiger partial charge in [0, 0.05) is 11.4 Å². The van der Waals surface area contributed by atoms with Crippen molar-refractivity contribution in [2.24, 2.45) is 5.92 Å². The van der Waals surface area contributed by atoms with E-state index in [0.29, 0.717) is 23.1 Å². The summed E-state index contributed by atoms with van der Waals surface area (Å²) in [6.45, 7) is 4.36. The minimum atomic E-state index is 0.142. The van der Waals surface area contributed by atoms with Crippen molar-refractivity contribution in [3.63, 3.8) is 0 Å². The van der Waals surface area contributed by atoms with Crippen molar-refractivity contribution >= 4 is 17.4 Å². The van der Waals surface area contributed by atoms with E-state index in [1.165, 1.54) is 0 Å². The van der Waals surface area contributed by atoms with Gasteiger partial charge >= 0.3 is 0 Å². The fourth-order valence-corrected chi connectivity index (χ4v) is 1.34. The zero-order valence-corrected chi connectivity index (χ0v) is 10.5. The molecule has 0 bridgehead atoms. The Morgan fingerprint density at radius 3 is 2.50 bits per heavy atom. The molecule has 1 aromatic carbocycles. The Kier molecular flexibility index (Phi) is 5.33. The number of benzene rings is 1. The third-order valence-electron chi connectivity index (χ3n) is 2.21. The quantitative estimate of drug-likeness (QED) is 0.758. The first-order chi connectivity index (χ1) is 7.58. The fraction of sp³-hybridized carbons (Fsp3) is 0.462. The second-order valence-electron chi connectivity index (χ2n) is 4.21. The molecule has 0 aliphatic heterocycles. The van der Waals surface area contributed by atoms with E-state index in [1.54, 1.807) is 24.3 Å². The molecule has 3 heteroatoms. The molecule has 0 atom stereocenters. The van der Waals surface area contributed by atoms with E-state index in [-0.39, 0.29) is 12.4 Å². The van der Waals surface area contributed by atoms with Gasteiger partial charge < -0.3 is 4.74 Å². The van der Waals surface area contributed by atoms with Gasteiger partial charge in [0.2, 0.25) is 0 Å². The molecule has 0 amide bonds. The van der Waals surface area contributed by atoms with Crippen LogP contribution in [0.5, 0.6) is 5.75 Å². The van der Waals surface area contributed by atoms with Crippen molar-refractivity contribution in [3.05, 3.63) is 29.3 Å². The van der Waals surface area contributed by atoms with Crippen LogP contribution in [0.1, 0.15) is 26.7 Å². The largest absolute Gasteiger partial charge is 0.486 e. The lowest BCUT2D eigenvalue weighted by molar-refractivity contribution is -0.121. The summed E-state index contributed by atoms with van der Waals surface area (Å²) >= 11 is 5.74. The van der Waals surface area contributed by atoms with E-state index in [0.717, 1.165) is 6.42 Å². The number of carbonyl (C=O) groups is 1. The van der Waals surface area contributed by atoms with Crippen LogP contribution in [0.15, 0.2) is 24.3 Å². The number of hydrogen-bond acceptors (Lipinski definition) is 2. The summed E-state index contributed by atoms with van der Waals surface area (Å²) in [5, 5.41) is 0.665. The predicted molar refractivity (Wildman–Crippen MR) is 66.0 cm³/mol. The zero-order chi connectivity index (χ0) is 12.0. The van der Waals surface area contributed by atoms with Gasteiger partial charge in [-0.3, -0.25) is 4.79 Å². The lowest BCUT2D eigenvalue weighted by atomic mass is 10.1. The standard InChI is InChI=1S/C13H17ClO2/c1-10(2)3-6-12(15)9-16-13-7-4-11(14)5-8-13/h4-5,7-8,10H,3,6,9H2,1-2H3. The minimum absolute atomic E-state index is 0.142. The number of rotatable bonds is 6. The van der Waals surface area contributed by atoms with Crippen molar-refractivity contribution in [1.82, 2.24) is 0 Å². The van der Waals surface area contributed by atoms with Crippen LogP contribution in [0.25, 0.3) is 0 Å². The third-order valence-corrected chi connectivity index (χ3v) is 2.47. The molecular weight excluding hydrogens is 224 g/mol. The van der Waals surface area contributed by atoms with E-state index in [1.807, 2.05) is 0 Å². The highest BCUT2D eigenvalue weighted by atomic mass is 35.5. The molecule has 88 valence electrons. The van der Waals surface area contributed by atoms with Crippen LogP contribution in [-0.4, -0.2) is 12.4 Å². The molecule has 0 aliphatic carbocycles. The average Bonchev–Trinajstić information content (AvgIpc) is 2.25. The molecule has 0 aliphatic rings. The lowest BCUT2D eigenvalue weighted by Gasteiger charge is -2.06. The predicted octanol–water partition coefficient (Wildman–Crippen LogP) is 3.72. The molecule has 2 nitrogen and oxygen atoms in total. The summed E-state index contributed by atoms with van der Waals surface area (Å²) in [5.41, 5.74) is 0. The van der Waals surface area contributed by atoms with Crippen LogP contribution < -0.4 is 4.74 Å². The number of carbonyl (C=O) groups excluding carboxylic acids is 1. The second-order valence-corrected chi connectivity index (χ2v) is 4.65. The number of ketones is 1. The summed E-state index contributed by atoms with van der Waals surface area (Å²) in [4.78, 5) is 11.4. The molecule has 0 radical (unpaired) electrons. The molecule has 1 aromatic rings. The highest BCUT2D eigenvalue weighted by molar-refractivity contribution is 6.30. The molecule has 0 saturated heterocycles. The van der Waals surface area contributed by atoms with Gasteiger partial charge in [0.05, 0.1) is 0 Å². The summed E-state index contributed by atoms with van der Waals surface area (Å²) in [6.07, 6.45) is 1.51. The molecule has 0 fully saturated rings. The van der Waals surface area contributed by atoms with Crippen LogP contribution in [-0.2, 0) is 4.79 Å². The van der Waals surface area contributed by atoms with Crippen molar-refractivity contribution in [2.75, 3.05) is 6.61 Å². The lowest BCUT2D eigenvalue weighted by Crippen LogP contribution is -2.11. The van der Waals surface area contributed by atoms with Gasteiger partial charge in [-0.25, -0.2) is 0 Å². The number of halogens is 1. The molecule has 16 heavy (non-hydrogen) atoms. The van der Waals surface area contributed by atoms with Gasteiger partial charge in [-0.1, -0.05) is 25.4 Å². The van der Waals surface area contributed by atoms with Gasteiger partial charge in [-0.05, 0) is 36.6 Å². The number of ether oxygens (including phenoxy) is 1. The van der Waals surface area contributed by atoms with Gasteiger partial charge in [0.25, 0.3) is 0 Å². The molecule has 0 saturated carbocycles. The van der Waals surface area contributed by atoms with Crippen LogP contribution >= 0.6 is 11.6 Å². The summed E-state index contributed by atoms with van der Waals surface area (Å²) in [5.74, 6) is 1.38. The van der Waals surface area contributed by atoms with Gasteiger partial charge in [-0.2, -0.15) is 0 Å². The molecule has 0 unspecified atom stereocenters. The Hall–Kier alpha value is -1.02. The maximum atomic E-state index is 11.4. The van der Waals surface area contributed by atoms with Crippen LogP contribution in [0.4, 0.5) is 0 Å². The molecular formula is C13H17ClO2. The van der Waals surface area contributed by atoms with Gasteiger partial charge in [0.15, 0.2) is 5.78 Å². The normalized spacial score (nSPS) is 10.5. The number of Topliss-reactive ketones (excluding diaryl/α,β-unsaturated/α-hetero) is 1. The zero-order valence-electron chi connectivity index (χ0n) is 9.70. The second kappa shape index (κ2) is 6.54. The first-order valence-electron chi connectivity index (χ1n) is 5.48. The fourth-order valence-electron chi connectivity index (χ4n) is 1.22. The highest BCUT2D eigenvalue weighted by Crippen LogP contribution is 2.15. The Labute approximate surface area is 102 Å². The molecule has 1 rings (SSSR count). The molecule has 0 aromatic heterocycles. The van der Waals surface area contributed by atoms with E-state index in [2.05, 4.69) is 13.8 Å². The molecule has 0 spiro atoms. The first-order valence-corrected chi connectivity index (χ1v) is 5.86. The Bertz CT molecular complexity index is 330. The smallest absolute Gasteiger partial charge is 0.170 e. The van der Waals surface area contributed by atoms with Crippen molar-refractivity contribution in [2.45, 2.75) is 26.7 Å². The van der Waals surface area contributed by atoms with Crippen molar-refractivity contribution in [1.29, 1.82) is 0 Å². The van der Waals surface area contributed by atoms with Gasteiger partial charge in [-0.15, -0.1) is 0 Å². The molecule has 0 N–H and O–H groups in total. The SMILES string of the molecule is CC(C)CCC(=O)COc1ccc(Cl)cc1. The third kappa shape index (κ3) is 5.17. The Morgan fingerprint density at radius 2 is 1.94 bits per heavy atom. The van der Waals surface area contributed by atoms with E-state index < -0.39 is 0 Å². The van der Waals surface area contributed by atoms with Gasteiger partial charge in [0.1, 0.15) is 12.4 Å². The van der Waals surface area contributed by atoms with E-state index in [4.69, 9.17) is 16.3 Å². The summed E-state index contributed by atoms with van der Waals surface area (Å²) in [6, 6.07) is 7.01. The number of hydrogen-bond donors (Lipinski definition) is 0. The molecule has 0 heterocycles.